The van der Waals surface area contributed by atoms with Crippen LogP contribution in [0.25, 0.3) is 0 Å². The van der Waals surface area contributed by atoms with E-state index in [1.54, 1.807) is 18.2 Å². The zero-order valence-corrected chi connectivity index (χ0v) is 14.6. The quantitative estimate of drug-likeness (QED) is 0.591. The van der Waals surface area contributed by atoms with Gasteiger partial charge in [-0.15, -0.1) is 0 Å². The van der Waals surface area contributed by atoms with Crippen molar-refractivity contribution >= 4 is 11.9 Å². The number of nitrogens with one attached hydrogen (secondary N) is 1. The molecule has 2 aromatic carbocycles. The molecule has 0 radical (unpaired) electrons. The zero-order chi connectivity index (χ0) is 18.1. The lowest BCUT2D eigenvalue weighted by Gasteiger charge is -2.09. The van der Waals surface area contributed by atoms with Gasteiger partial charge in [-0.1, -0.05) is 35.9 Å². The van der Waals surface area contributed by atoms with Crippen molar-refractivity contribution in [2.45, 2.75) is 26.4 Å². The molecule has 0 aliphatic carbocycles. The largest absolute Gasteiger partial charge is 0.489 e. The number of aryl methyl sites for hydroxylation is 1. The first-order valence-electron chi connectivity index (χ1n) is 8.22. The fraction of sp³-hybridized carbons (Fsp3) is 0.300. The Morgan fingerprint density at radius 1 is 1.08 bits per heavy atom. The van der Waals surface area contributed by atoms with Crippen LogP contribution < -0.4 is 10.1 Å². The first kappa shape index (κ1) is 18.5. The second-order valence-electron chi connectivity index (χ2n) is 5.74. The summed E-state index contributed by atoms with van der Waals surface area (Å²) >= 11 is 0. The number of hydrogen-bond acceptors (Lipinski definition) is 4. The number of amides is 1. The van der Waals surface area contributed by atoms with E-state index in [0.29, 0.717) is 30.9 Å². The van der Waals surface area contributed by atoms with Crippen LogP contribution in [0.4, 0.5) is 0 Å². The van der Waals surface area contributed by atoms with E-state index in [-0.39, 0.29) is 18.3 Å². The maximum Gasteiger partial charge on any atom is 0.305 e. The predicted molar refractivity (Wildman–Crippen MR) is 95.5 cm³/mol. The highest BCUT2D eigenvalue weighted by atomic mass is 16.5. The van der Waals surface area contributed by atoms with Crippen LogP contribution in [0.1, 0.15) is 34.3 Å². The minimum absolute atomic E-state index is 0.189. The molecule has 5 heteroatoms. The highest BCUT2D eigenvalue weighted by Gasteiger charge is 2.07. The van der Waals surface area contributed by atoms with E-state index in [9.17, 15) is 9.59 Å². The highest BCUT2D eigenvalue weighted by molar-refractivity contribution is 5.94. The second-order valence-corrected chi connectivity index (χ2v) is 5.74. The van der Waals surface area contributed by atoms with Gasteiger partial charge in [0, 0.05) is 18.5 Å². The van der Waals surface area contributed by atoms with Crippen molar-refractivity contribution in [1.82, 2.24) is 5.32 Å². The average Bonchev–Trinajstić information content (AvgIpc) is 2.63. The van der Waals surface area contributed by atoms with Crippen LogP contribution in [-0.4, -0.2) is 25.5 Å². The number of hydrogen-bond donors (Lipinski definition) is 1. The van der Waals surface area contributed by atoms with Gasteiger partial charge in [-0.25, -0.2) is 0 Å². The molecule has 25 heavy (non-hydrogen) atoms. The number of methoxy groups -OCH3 is 1. The normalized spacial score (nSPS) is 10.2. The molecule has 0 bridgehead atoms. The van der Waals surface area contributed by atoms with Crippen LogP contribution in [0.5, 0.6) is 5.75 Å². The summed E-state index contributed by atoms with van der Waals surface area (Å²) in [6, 6.07) is 15.2. The monoisotopic (exact) mass is 341 g/mol. The molecular weight excluding hydrogens is 318 g/mol. The van der Waals surface area contributed by atoms with Gasteiger partial charge >= 0.3 is 5.97 Å². The van der Waals surface area contributed by atoms with Gasteiger partial charge in [-0.3, -0.25) is 9.59 Å². The van der Waals surface area contributed by atoms with E-state index in [2.05, 4.69) is 16.1 Å². The highest BCUT2D eigenvalue weighted by Crippen LogP contribution is 2.16. The zero-order valence-electron chi connectivity index (χ0n) is 14.6. The van der Waals surface area contributed by atoms with Gasteiger partial charge in [0.2, 0.25) is 0 Å². The Balaban J connectivity index is 1.85. The Kier molecular flexibility index (Phi) is 7.01. The fourth-order valence-electron chi connectivity index (χ4n) is 2.33. The minimum Gasteiger partial charge on any atom is -0.489 e. The first-order chi connectivity index (χ1) is 12.1. The summed E-state index contributed by atoms with van der Waals surface area (Å²) in [6.07, 6.45) is 0.832. The van der Waals surface area contributed by atoms with Gasteiger partial charge in [0.05, 0.1) is 7.11 Å². The van der Waals surface area contributed by atoms with E-state index < -0.39 is 0 Å². The smallest absolute Gasteiger partial charge is 0.305 e. The molecule has 1 N–H and O–H groups in total. The molecule has 0 spiro atoms. The number of carbonyl (C=O) groups excluding carboxylic acids is 2. The lowest BCUT2D eigenvalue weighted by atomic mass is 10.1. The van der Waals surface area contributed by atoms with Crippen molar-refractivity contribution < 1.29 is 19.1 Å². The maximum absolute atomic E-state index is 12.1. The van der Waals surface area contributed by atoms with Crippen molar-refractivity contribution in [2.24, 2.45) is 0 Å². The van der Waals surface area contributed by atoms with Crippen LogP contribution in [-0.2, 0) is 16.1 Å². The lowest BCUT2D eigenvalue weighted by molar-refractivity contribution is -0.140. The topological polar surface area (TPSA) is 64.6 Å². The minimum atomic E-state index is -0.277. The molecule has 0 heterocycles. The SMILES string of the molecule is COC(=O)CCCNC(=O)c1cccc(OCc2cccc(C)c2)c1. The number of rotatable bonds is 8. The molecule has 2 aromatic rings. The van der Waals surface area contributed by atoms with Crippen molar-refractivity contribution in [3.8, 4) is 5.75 Å². The van der Waals surface area contributed by atoms with Crippen molar-refractivity contribution in [3.05, 3.63) is 65.2 Å². The van der Waals surface area contributed by atoms with Crippen molar-refractivity contribution in [3.63, 3.8) is 0 Å². The second kappa shape index (κ2) is 9.47. The summed E-state index contributed by atoms with van der Waals surface area (Å²) in [5, 5.41) is 2.78. The molecule has 132 valence electrons. The summed E-state index contributed by atoms with van der Waals surface area (Å²) in [5.74, 6) is 0.176. The molecule has 0 saturated carbocycles. The molecule has 0 aliphatic rings. The first-order valence-corrected chi connectivity index (χ1v) is 8.22. The Bertz CT molecular complexity index is 727. The Hall–Kier alpha value is -2.82. The third kappa shape index (κ3) is 6.30. The number of esters is 1. The number of carbonyl (C=O) groups is 2. The summed E-state index contributed by atoms with van der Waals surface area (Å²) in [5.41, 5.74) is 2.79. The molecule has 0 aliphatic heterocycles. The number of ether oxygens (including phenoxy) is 2. The van der Waals surface area contributed by atoms with E-state index in [1.165, 1.54) is 12.7 Å². The van der Waals surface area contributed by atoms with Gasteiger partial charge in [0.1, 0.15) is 12.4 Å². The molecule has 5 nitrogen and oxygen atoms in total. The van der Waals surface area contributed by atoms with Crippen LogP contribution in [0.2, 0.25) is 0 Å². The summed E-state index contributed by atoms with van der Waals surface area (Å²) < 4.78 is 10.3. The average molecular weight is 341 g/mol. The van der Waals surface area contributed by atoms with Crippen molar-refractivity contribution in [1.29, 1.82) is 0 Å². The molecular formula is C20H23NO4. The third-order valence-electron chi connectivity index (χ3n) is 3.66. The van der Waals surface area contributed by atoms with Gasteiger partial charge in [-0.05, 0) is 37.1 Å². The molecule has 0 atom stereocenters. The predicted octanol–water partition coefficient (Wildman–Crippen LogP) is 3.26. The maximum atomic E-state index is 12.1. The third-order valence-corrected chi connectivity index (χ3v) is 3.66. The summed E-state index contributed by atoms with van der Waals surface area (Å²) in [4.78, 5) is 23.2. The molecule has 0 fully saturated rings. The van der Waals surface area contributed by atoms with Crippen LogP contribution >= 0.6 is 0 Å². The summed E-state index contributed by atoms with van der Waals surface area (Å²) in [7, 11) is 1.35. The van der Waals surface area contributed by atoms with Crippen LogP contribution in [0.3, 0.4) is 0 Å². The Morgan fingerprint density at radius 2 is 1.88 bits per heavy atom. The van der Waals surface area contributed by atoms with E-state index in [0.717, 1.165) is 5.56 Å². The van der Waals surface area contributed by atoms with E-state index >= 15 is 0 Å². The van der Waals surface area contributed by atoms with E-state index in [1.807, 2.05) is 31.2 Å². The van der Waals surface area contributed by atoms with Crippen LogP contribution in [0, 0.1) is 6.92 Å². The van der Waals surface area contributed by atoms with Gasteiger partial charge in [0.15, 0.2) is 0 Å². The summed E-state index contributed by atoms with van der Waals surface area (Å²) in [6.45, 7) is 2.91. The fourth-order valence-corrected chi connectivity index (χ4v) is 2.33. The standard InChI is InChI=1S/C20H23NO4/c1-15-6-3-7-16(12-15)14-25-18-9-4-8-17(13-18)20(23)21-11-5-10-19(22)24-2/h3-4,6-9,12-13H,5,10-11,14H2,1-2H3,(H,21,23). The molecule has 2 rings (SSSR count). The molecule has 0 saturated heterocycles. The Labute approximate surface area is 148 Å². The van der Waals surface area contributed by atoms with Gasteiger partial charge < -0.3 is 14.8 Å². The number of benzene rings is 2. The van der Waals surface area contributed by atoms with Gasteiger partial charge in [-0.2, -0.15) is 0 Å². The van der Waals surface area contributed by atoms with Crippen molar-refractivity contribution in [2.75, 3.05) is 13.7 Å². The molecule has 0 aromatic heterocycles. The Morgan fingerprint density at radius 3 is 2.64 bits per heavy atom. The molecule has 1 amide bonds. The van der Waals surface area contributed by atoms with Gasteiger partial charge in [0.25, 0.3) is 5.91 Å². The van der Waals surface area contributed by atoms with Crippen LogP contribution in [0.15, 0.2) is 48.5 Å². The lowest BCUT2D eigenvalue weighted by Crippen LogP contribution is -2.25. The molecule has 0 unspecified atom stereocenters. The van der Waals surface area contributed by atoms with E-state index in [4.69, 9.17) is 4.74 Å².